The number of rotatable bonds is 2. The van der Waals surface area contributed by atoms with E-state index in [1.54, 1.807) is 19.1 Å². The quantitative estimate of drug-likeness (QED) is 0.770. The number of hydrogen-bond acceptors (Lipinski definition) is 2. The number of fused-ring (bicyclic) bond motifs is 1. The van der Waals surface area contributed by atoms with Gasteiger partial charge in [0, 0.05) is 12.1 Å². The molecule has 16 heavy (non-hydrogen) atoms. The van der Waals surface area contributed by atoms with Crippen LogP contribution < -0.4 is 4.90 Å². The number of benzene rings is 1. The fourth-order valence-electron chi connectivity index (χ4n) is 1.94. The molecule has 1 aliphatic heterocycles. The first-order chi connectivity index (χ1) is 7.65. The van der Waals surface area contributed by atoms with Crippen LogP contribution in [0, 0.1) is 5.82 Å². The molecule has 1 aliphatic rings. The fraction of sp³-hybridized carbons (Fsp3) is 0.417. The van der Waals surface area contributed by atoms with Crippen molar-refractivity contribution in [3.63, 3.8) is 0 Å². The molecule has 0 aliphatic carbocycles. The Balaban J connectivity index is 2.52. The second-order valence-corrected chi connectivity index (χ2v) is 3.86. The van der Waals surface area contributed by atoms with E-state index in [0.717, 1.165) is 12.0 Å². The van der Waals surface area contributed by atoms with Crippen LogP contribution >= 0.6 is 0 Å². The zero-order valence-electron chi connectivity index (χ0n) is 9.37. The molecule has 2 rings (SSSR count). The van der Waals surface area contributed by atoms with Gasteiger partial charge in [0.15, 0.2) is 0 Å². The molecule has 0 bridgehead atoms. The first-order valence-electron chi connectivity index (χ1n) is 5.41. The van der Waals surface area contributed by atoms with E-state index in [2.05, 4.69) is 0 Å². The second-order valence-electron chi connectivity index (χ2n) is 3.86. The third-order valence-corrected chi connectivity index (χ3v) is 2.67. The molecule has 1 amide bonds. The van der Waals surface area contributed by atoms with Crippen molar-refractivity contribution in [1.82, 2.24) is 0 Å². The number of nitrogens with zero attached hydrogens (tertiary/aromatic N) is 1. The maximum Gasteiger partial charge on any atom is 0.414 e. The zero-order valence-corrected chi connectivity index (χ0v) is 9.37. The van der Waals surface area contributed by atoms with Crippen molar-refractivity contribution in [1.29, 1.82) is 0 Å². The summed E-state index contributed by atoms with van der Waals surface area (Å²) in [5.74, 6) is -0.366. The minimum atomic E-state index is -0.466. The summed E-state index contributed by atoms with van der Waals surface area (Å²) in [4.78, 5) is 13.0. The third-order valence-electron chi connectivity index (χ3n) is 2.67. The van der Waals surface area contributed by atoms with Gasteiger partial charge >= 0.3 is 6.09 Å². The monoisotopic (exact) mass is 223 g/mol. The number of anilines is 1. The molecule has 1 atom stereocenters. The molecular weight excluding hydrogens is 209 g/mol. The van der Waals surface area contributed by atoms with E-state index in [9.17, 15) is 9.18 Å². The first kappa shape index (κ1) is 10.9. The number of carbonyl (C=O) groups excluding carboxylic acids is 1. The molecule has 1 aromatic carbocycles. The lowest BCUT2D eigenvalue weighted by atomic mass is 10.1. The van der Waals surface area contributed by atoms with Crippen LogP contribution in [0.1, 0.15) is 31.9 Å². The van der Waals surface area contributed by atoms with Crippen LogP contribution in [0.25, 0.3) is 0 Å². The number of hydrogen-bond donors (Lipinski definition) is 0. The molecule has 1 aromatic rings. The summed E-state index contributed by atoms with van der Waals surface area (Å²) in [6.07, 6.45) is -0.0877. The van der Waals surface area contributed by atoms with Gasteiger partial charge in [-0.1, -0.05) is 19.1 Å². The Bertz CT molecular complexity index is 419. The van der Waals surface area contributed by atoms with Gasteiger partial charge in [0.05, 0.1) is 5.69 Å². The van der Waals surface area contributed by atoms with Crippen LogP contribution in [0.15, 0.2) is 18.2 Å². The van der Waals surface area contributed by atoms with Gasteiger partial charge in [0.25, 0.3) is 0 Å². The zero-order chi connectivity index (χ0) is 11.7. The van der Waals surface area contributed by atoms with Crippen LogP contribution in [0.4, 0.5) is 14.9 Å². The Kier molecular flexibility index (Phi) is 2.81. The molecular formula is C12H14FNO2. The molecule has 86 valence electrons. The summed E-state index contributed by atoms with van der Waals surface area (Å²) >= 11 is 0. The minimum absolute atomic E-state index is 0.366. The van der Waals surface area contributed by atoms with Crippen molar-refractivity contribution in [2.45, 2.75) is 26.4 Å². The van der Waals surface area contributed by atoms with E-state index >= 15 is 0 Å². The van der Waals surface area contributed by atoms with Crippen molar-refractivity contribution in [3.05, 3.63) is 29.6 Å². The van der Waals surface area contributed by atoms with Gasteiger partial charge in [-0.2, -0.15) is 0 Å². The van der Waals surface area contributed by atoms with Gasteiger partial charge in [0.1, 0.15) is 11.9 Å². The normalized spacial score (nSPS) is 19.3. The lowest BCUT2D eigenvalue weighted by Crippen LogP contribution is -2.38. The molecule has 0 aromatic heterocycles. The summed E-state index contributed by atoms with van der Waals surface area (Å²) in [7, 11) is 0. The van der Waals surface area contributed by atoms with Crippen LogP contribution in [0.3, 0.4) is 0 Å². The predicted molar refractivity (Wildman–Crippen MR) is 58.9 cm³/mol. The summed E-state index contributed by atoms with van der Waals surface area (Å²) in [6.45, 7) is 4.16. The molecule has 0 N–H and O–H groups in total. The van der Waals surface area contributed by atoms with Crippen LogP contribution in [-0.2, 0) is 4.74 Å². The highest BCUT2D eigenvalue weighted by Gasteiger charge is 2.31. The van der Waals surface area contributed by atoms with Gasteiger partial charge in [-0.25, -0.2) is 9.18 Å². The highest BCUT2D eigenvalue weighted by Crippen LogP contribution is 2.36. The van der Waals surface area contributed by atoms with E-state index in [1.807, 2.05) is 6.92 Å². The average molecular weight is 223 g/mol. The molecule has 1 heterocycles. The minimum Gasteiger partial charge on any atom is -0.441 e. The molecule has 4 heteroatoms. The molecule has 1 unspecified atom stereocenters. The summed E-state index contributed by atoms with van der Waals surface area (Å²) < 4.78 is 18.9. The second kappa shape index (κ2) is 4.12. The van der Waals surface area contributed by atoms with Gasteiger partial charge in [0.2, 0.25) is 0 Å². The van der Waals surface area contributed by atoms with Crippen molar-refractivity contribution >= 4 is 11.8 Å². The summed E-state index contributed by atoms with van der Waals surface area (Å²) in [6, 6.07) is 4.79. The third kappa shape index (κ3) is 1.64. The highest BCUT2D eigenvalue weighted by atomic mass is 19.1. The van der Waals surface area contributed by atoms with Crippen molar-refractivity contribution in [2.24, 2.45) is 0 Å². The number of halogens is 1. The molecule has 0 spiro atoms. The van der Waals surface area contributed by atoms with Gasteiger partial charge < -0.3 is 4.74 Å². The smallest absolute Gasteiger partial charge is 0.414 e. The SMILES string of the molecule is CCCN1C(=O)OC(C)c2cccc(F)c21. The number of cyclic esters (lactones) is 1. The Hall–Kier alpha value is -1.58. The number of ether oxygens (including phenoxy) is 1. The Labute approximate surface area is 93.8 Å². The average Bonchev–Trinajstić information content (AvgIpc) is 2.24. The largest absolute Gasteiger partial charge is 0.441 e. The molecule has 0 saturated carbocycles. The van der Waals surface area contributed by atoms with Crippen LogP contribution in [0.2, 0.25) is 0 Å². The van der Waals surface area contributed by atoms with Crippen LogP contribution in [0.5, 0.6) is 0 Å². The molecule has 0 saturated heterocycles. The van der Waals surface area contributed by atoms with E-state index in [4.69, 9.17) is 4.74 Å². The predicted octanol–water partition coefficient (Wildman–Crippen LogP) is 3.25. The molecule has 3 nitrogen and oxygen atoms in total. The van der Waals surface area contributed by atoms with Crippen molar-refractivity contribution in [3.8, 4) is 0 Å². The molecule has 0 fully saturated rings. The first-order valence-corrected chi connectivity index (χ1v) is 5.41. The van der Waals surface area contributed by atoms with E-state index in [0.29, 0.717) is 12.2 Å². The lowest BCUT2D eigenvalue weighted by molar-refractivity contribution is 0.107. The van der Waals surface area contributed by atoms with E-state index < -0.39 is 6.09 Å². The number of amides is 1. The van der Waals surface area contributed by atoms with Crippen molar-refractivity contribution < 1.29 is 13.9 Å². The van der Waals surface area contributed by atoms with Gasteiger partial charge in [-0.05, 0) is 19.4 Å². The maximum absolute atomic E-state index is 13.7. The molecule has 0 radical (unpaired) electrons. The summed E-state index contributed by atoms with van der Waals surface area (Å²) in [5.41, 5.74) is 1.10. The van der Waals surface area contributed by atoms with Crippen molar-refractivity contribution in [2.75, 3.05) is 11.4 Å². The van der Waals surface area contributed by atoms with Crippen LogP contribution in [-0.4, -0.2) is 12.6 Å². The lowest BCUT2D eigenvalue weighted by Gasteiger charge is -2.32. The van der Waals surface area contributed by atoms with E-state index in [1.165, 1.54) is 11.0 Å². The van der Waals surface area contributed by atoms with Gasteiger partial charge in [-0.3, -0.25) is 4.90 Å². The topological polar surface area (TPSA) is 29.5 Å². The number of carbonyl (C=O) groups is 1. The maximum atomic E-state index is 13.7. The standard InChI is InChI=1S/C12H14FNO2/c1-3-7-14-11-9(5-4-6-10(11)13)8(2)16-12(14)15/h4-6,8H,3,7H2,1-2H3. The Morgan fingerprint density at radius 3 is 2.94 bits per heavy atom. The Morgan fingerprint density at radius 2 is 2.25 bits per heavy atom. The van der Waals surface area contributed by atoms with E-state index in [-0.39, 0.29) is 11.9 Å². The van der Waals surface area contributed by atoms with Gasteiger partial charge in [-0.15, -0.1) is 0 Å². The Morgan fingerprint density at radius 1 is 1.50 bits per heavy atom. The number of para-hydroxylation sites is 1. The fourth-order valence-corrected chi connectivity index (χ4v) is 1.94. The highest BCUT2D eigenvalue weighted by molar-refractivity contribution is 5.91. The summed E-state index contributed by atoms with van der Waals surface area (Å²) in [5, 5.41) is 0.